The number of rotatable bonds is 6. The van der Waals surface area contributed by atoms with Crippen LogP contribution in [-0.2, 0) is 4.79 Å². The van der Waals surface area contributed by atoms with Gasteiger partial charge in [0.1, 0.15) is 4.88 Å². The number of ether oxygens (including phenoxy) is 2. The van der Waals surface area contributed by atoms with Crippen LogP contribution in [0.15, 0.2) is 53.4 Å². The van der Waals surface area contributed by atoms with Crippen molar-refractivity contribution in [2.24, 2.45) is 0 Å². The average molecular weight is 494 g/mol. The fourth-order valence-electron chi connectivity index (χ4n) is 3.58. The highest BCUT2D eigenvalue weighted by molar-refractivity contribution is 8.18. The number of benzene rings is 2. The molecule has 0 saturated carbocycles. The number of fused-ring (bicyclic) bond motifs is 1. The van der Waals surface area contributed by atoms with Crippen molar-refractivity contribution in [1.29, 1.82) is 0 Å². The van der Waals surface area contributed by atoms with Crippen LogP contribution in [0.1, 0.15) is 20.2 Å². The Labute approximate surface area is 203 Å². The summed E-state index contributed by atoms with van der Waals surface area (Å²) in [6.07, 6.45) is 1.65. The Kier molecular flexibility index (Phi) is 6.08. The molecule has 3 amide bonds. The molecule has 8 nitrogen and oxygen atoms in total. The Morgan fingerprint density at radius 3 is 2.76 bits per heavy atom. The second-order valence-electron chi connectivity index (χ2n) is 7.48. The largest absolute Gasteiger partial charge is 0.454 e. The number of hydrogen-bond acceptors (Lipinski definition) is 8. The summed E-state index contributed by atoms with van der Waals surface area (Å²) < 4.78 is 10.7. The molecule has 2 aliphatic heterocycles. The minimum Gasteiger partial charge on any atom is -0.454 e. The van der Waals surface area contributed by atoms with Crippen LogP contribution in [0.5, 0.6) is 11.5 Å². The third-order valence-corrected chi connectivity index (χ3v) is 7.05. The summed E-state index contributed by atoms with van der Waals surface area (Å²) in [4.78, 5) is 44.5. The lowest BCUT2D eigenvalue weighted by atomic mass is 10.1. The van der Waals surface area contributed by atoms with Gasteiger partial charge >= 0.3 is 0 Å². The maximum absolute atomic E-state index is 12.8. The van der Waals surface area contributed by atoms with E-state index in [1.54, 1.807) is 24.3 Å². The second-order valence-corrected chi connectivity index (χ2v) is 9.67. The van der Waals surface area contributed by atoms with Gasteiger partial charge in [-0.1, -0.05) is 36.4 Å². The van der Waals surface area contributed by atoms with E-state index in [0.717, 1.165) is 32.8 Å². The predicted molar refractivity (Wildman–Crippen MR) is 130 cm³/mol. The molecule has 34 heavy (non-hydrogen) atoms. The monoisotopic (exact) mass is 493 g/mol. The summed E-state index contributed by atoms with van der Waals surface area (Å²) in [5, 5.41) is 3.22. The standard InChI is InChI=1S/C24H19N3O5S2/c1-14-26-20(16-5-3-2-4-6-16)21(33-14)22(28)25-9-10-27-23(29)19(34-24(27)30)12-15-7-8-17-18(11-15)32-13-31-17/h2-8,11-12H,9-10,13H2,1H3,(H,25,28)/b19-12-. The molecule has 0 radical (unpaired) electrons. The number of imide groups is 1. The molecule has 1 saturated heterocycles. The van der Waals surface area contributed by atoms with E-state index >= 15 is 0 Å². The van der Waals surface area contributed by atoms with Crippen molar-refractivity contribution in [2.75, 3.05) is 19.9 Å². The molecule has 1 fully saturated rings. The fraction of sp³-hybridized carbons (Fsp3) is 0.167. The number of carbonyl (C=O) groups excluding carboxylic acids is 3. The van der Waals surface area contributed by atoms with Crippen LogP contribution in [0.4, 0.5) is 4.79 Å². The van der Waals surface area contributed by atoms with Crippen molar-refractivity contribution >= 4 is 46.2 Å². The zero-order chi connectivity index (χ0) is 23.7. The van der Waals surface area contributed by atoms with Gasteiger partial charge in [0.25, 0.3) is 17.1 Å². The molecule has 0 atom stereocenters. The van der Waals surface area contributed by atoms with Crippen molar-refractivity contribution in [3.63, 3.8) is 0 Å². The topological polar surface area (TPSA) is 97.8 Å². The van der Waals surface area contributed by atoms with Crippen molar-refractivity contribution in [3.8, 4) is 22.8 Å². The number of nitrogens with one attached hydrogen (secondary N) is 1. The fourth-order valence-corrected chi connectivity index (χ4v) is 5.30. The van der Waals surface area contributed by atoms with E-state index in [-0.39, 0.29) is 36.9 Å². The molecule has 172 valence electrons. The van der Waals surface area contributed by atoms with Crippen LogP contribution in [0.2, 0.25) is 0 Å². The lowest BCUT2D eigenvalue weighted by Gasteiger charge is -2.13. The highest BCUT2D eigenvalue weighted by Gasteiger charge is 2.35. The van der Waals surface area contributed by atoms with Crippen LogP contribution in [0.25, 0.3) is 17.3 Å². The van der Waals surface area contributed by atoms with Crippen LogP contribution in [0, 0.1) is 6.92 Å². The molecular formula is C24H19N3O5S2. The first-order chi connectivity index (χ1) is 16.5. The van der Waals surface area contributed by atoms with Gasteiger partial charge in [-0.15, -0.1) is 11.3 Å². The van der Waals surface area contributed by atoms with Crippen molar-refractivity contribution < 1.29 is 23.9 Å². The van der Waals surface area contributed by atoms with Gasteiger partial charge in [0, 0.05) is 18.7 Å². The molecule has 0 spiro atoms. The Balaban J connectivity index is 1.23. The molecule has 0 aliphatic carbocycles. The van der Waals surface area contributed by atoms with Gasteiger partial charge in [-0.25, -0.2) is 4.98 Å². The molecule has 2 aliphatic rings. The van der Waals surface area contributed by atoms with E-state index < -0.39 is 0 Å². The Morgan fingerprint density at radius 2 is 1.94 bits per heavy atom. The molecule has 5 rings (SSSR count). The molecule has 3 heterocycles. The summed E-state index contributed by atoms with van der Waals surface area (Å²) in [7, 11) is 0. The molecule has 3 aromatic rings. The van der Waals surface area contributed by atoms with Crippen molar-refractivity contribution in [1.82, 2.24) is 15.2 Å². The number of aryl methyl sites for hydroxylation is 1. The third-order valence-electron chi connectivity index (χ3n) is 5.18. The van der Waals surface area contributed by atoms with E-state index in [0.29, 0.717) is 27.0 Å². The summed E-state index contributed by atoms with van der Waals surface area (Å²) in [6.45, 7) is 2.22. The SMILES string of the molecule is Cc1nc(-c2ccccc2)c(C(=O)NCCN2C(=O)S/C(=C\c3ccc4c(c3)OCO4)C2=O)s1. The Morgan fingerprint density at radius 1 is 1.15 bits per heavy atom. The summed E-state index contributed by atoms with van der Waals surface area (Å²) in [5.41, 5.74) is 2.21. The number of carbonyl (C=O) groups is 3. The van der Waals surface area contributed by atoms with Gasteiger partial charge in [0.2, 0.25) is 6.79 Å². The lowest BCUT2D eigenvalue weighted by molar-refractivity contribution is -0.122. The number of thiazole rings is 1. The molecule has 0 bridgehead atoms. The van der Waals surface area contributed by atoms with E-state index in [4.69, 9.17) is 9.47 Å². The highest BCUT2D eigenvalue weighted by atomic mass is 32.2. The second kappa shape index (κ2) is 9.32. The first-order valence-electron chi connectivity index (χ1n) is 10.5. The third kappa shape index (κ3) is 4.42. The summed E-state index contributed by atoms with van der Waals surface area (Å²) >= 11 is 2.18. The Bertz CT molecular complexity index is 1320. The van der Waals surface area contributed by atoms with Crippen LogP contribution in [-0.4, -0.2) is 46.8 Å². The molecule has 1 N–H and O–H groups in total. The zero-order valence-electron chi connectivity index (χ0n) is 18.1. The van der Waals surface area contributed by atoms with Crippen LogP contribution in [0.3, 0.4) is 0 Å². The predicted octanol–water partition coefficient (Wildman–Crippen LogP) is 4.31. The van der Waals surface area contributed by atoms with Gasteiger partial charge in [-0.05, 0) is 42.5 Å². The van der Waals surface area contributed by atoms with Crippen molar-refractivity contribution in [3.05, 3.63) is 68.9 Å². The number of aromatic nitrogens is 1. The maximum atomic E-state index is 12.8. The normalized spacial score (nSPS) is 15.9. The number of hydrogen-bond donors (Lipinski definition) is 1. The summed E-state index contributed by atoms with van der Waals surface area (Å²) in [6, 6.07) is 14.8. The maximum Gasteiger partial charge on any atom is 0.293 e. The minimum atomic E-state index is -0.388. The van der Waals surface area contributed by atoms with Crippen LogP contribution < -0.4 is 14.8 Å². The lowest BCUT2D eigenvalue weighted by Crippen LogP contribution is -2.37. The van der Waals surface area contributed by atoms with Gasteiger partial charge in [0.15, 0.2) is 11.5 Å². The number of thioether (sulfide) groups is 1. The molecule has 0 unspecified atom stereocenters. The first-order valence-corrected chi connectivity index (χ1v) is 12.1. The molecule has 1 aromatic heterocycles. The van der Waals surface area contributed by atoms with E-state index in [1.165, 1.54) is 11.3 Å². The minimum absolute atomic E-state index is 0.0767. The van der Waals surface area contributed by atoms with Gasteiger partial charge in [-0.3, -0.25) is 19.3 Å². The molecular weight excluding hydrogens is 474 g/mol. The van der Waals surface area contributed by atoms with Gasteiger partial charge in [-0.2, -0.15) is 0 Å². The van der Waals surface area contributed by atoms with Gasteiger partial charge < -0.3 is 14.8 Å². The first kappa shape index (κ1) is 22.2. The van der Waals surface area contributed by atoms with Gasteiger partial charge in [0.05, 0.1) is 15.6 Å². The zero-order valence-corrected chi connectivity index (χ0v) is 19.7. The summed E-state index contributed by atoms with van der Waals surface area (Å²) in [5.74, 6) is 0.573. The highest BCUT2D eigenvalue weighted by Crippen LogP contribution is 2.36. The van der Waals surface area contributed by atoms with E-state index in [1.807, 2.05) is 37.3 Å². The van der Waals surface area contributed by atoms with Crippen molar-refractivity contribution in [2.45, 2.75) is 6.92 Å². The number of amides is 3. The Hall–Kier alpha value is -3.63. The smallest absolute Gasteiger partial charge is 0.293 e. The molecule has 10 heteroatoms. The average Bonchev–Trinajstić information content (AvgIpc) is 3.53. The van der Waals surface area contributed by atoms with E-state index in [2.05, 4.69) is 10.3 Å². The molecule has 2 aromatic carbocycles. The van der Waals surface area contributed by atoms with E-state index in [9.17, 15) is 14.4 Å². The number of nitrogens with zero attached hydrogens (tertiary/aromatic N) is 2. The van der Waals surface area contributed by atoms with Crippen LogP contribution >= 0.6 is 23.1 Å². The quantitative estimate of drug-likeness (QED) is 0.511.